The highest BCUT2D eigenvalue weighted by Crippen LogP contribution is 2.37. The molecule has 2 heteroatoms. The smallest absolute Gasteiger partial charge is 0.137 e. The average Bonchev–Trinajstić information content (AvgIpc) is 3.08. The number of hydrogen-bond acceptors (Lipinski definition) is 2. The first-order chi connectivity index (χ1) is 12.9. The fourth-order valence-corrected chi connectivity index (χ4v) is 3.42. The maximum Gasteiger partial charge on any atom is 0.137 e. The van der Waals surface area contributed by atoms with E-state index in [0.717, 1.165) is 33.3 Å². The summed E-state index contributed by atoms with van der Waals surface area (Å²) in [5.74, 6) is 0. The first kappa shape index (κ1) is 14.8. The first-order valence-electron chi connectivity index (χ1n) is 8.71. The van der Waals surface area contributed by atoms with E-state index in [4.69, 9.17) is 4.42 Å². The molecule has 1 aromatic heterocycles. The fourth-order valence-electron chi connectivity index (χ4n) is 3.42. The third-order valence-electron chi connectivity index (χ3n) is 4.65. The van der Waals surface area contributed by atoms with Crippen LogP contribution in [0.2, 0.25) is 0 Å². The lowest BCUT2D eigenvalue weighted by atomic mass is 10.0. The number of para-hydroxylation sites is 1. The number of furan rings is 1. The molecule has 26 heavy (non-hydrogen) atoms. The summed E-state index contributed by atoms with van der Waals surface area (Å²) >= 11 is 0. The first-order valence-corrected chi connectivity index (χ1v) is 8.71. The van der Waals surface area contributed by atoms with E-state index in [2.05, 4.69) is 66.0 Å². The molecule has 0 spiro atoms. The van der Waals surface area contributed by atoms with E-state index in [1.165, 1.54) is 11.1 Å². The highest BCUT2D eigenvalue weighted by atomic mass is 16.3. The standard InChI is InChI=1S/C24H17NO/c1-3-8-17(9-4-1)18-14-15-22-20(16-18)24-21(12-7-13-23(24)26-22)25-19-10-5-2-6-11-19/h1-16,25H. The van der Waals surface area contributed by atoms with Gasteiger partial charge in [-0.1, -0.05) is 60.7 Å². The molecule has 0 aliphatic heterocycles. The topological polar surface area (TPSA) is 25.2 Å². The van der Waals surface area contributed by atoms with Crippen molar-refractivity contribution < 1.29 is 4.42 Å². The van der Waals surface area contributed by atoms with Gasteiger partial charge in [-0.15, -0.1) is 0 Å². The lowest BCUT2D eigenvalue weighted by molar-refractivity contribution is 0.669. The van der Waals surface area contributed by atoms with Crippen molar-refractivity contribution >= 4 is 33.3 Å². The SMILES string of the molecule is c1ccc(Nc2cccc3oc4ccc(-c5ccccc5)cc4c23)cc1. The van der Waals surface area contributed by atoms with Crippen LogP contribution in [0, 0.1) is 0 Å². The van der Waals surface area contributed by atoms with Gasteiger partial charge in [0, 0.05) is 11.1 Å². The molecule has 4 aromatic carbocycles. The zero-order valence-corrected chi connectivity index (χ0v) is 14.1. The summed E-state index contributed by atoms with van der Waals surface area (Å²) in [6, 6.07) is 33.2. The molecule has 1 heterocycles. The molecule has 0 amide bonds. The maximum atomic E-state index is 6.08. The van der Waals surface area contributed by atoms with Crippen molar-refractivity contribution in [2.45, 2.75) is 0 Å². The minimum Gasteiger partial charge on any atom is -0.456 e. The van der Waals surface area contributed by atoms with Crippen molar-refractivity contribution in [3.05, 3.63) is 97.1 Å². The number of fused-ring (bicyclic) bond motifs is 3. The Morgan fingerprint density at radius 3 is 2.15 bits per heavy atom. The van der Waals surface area contributed by atoms with E-state index in [1.54, 1.807) is 0 Å². The zero-order chi connectivity index (χ0) is 17.3. The van der Waals surface area contributed by atoms with Gasteiger partial charge >= 0.3 is 0 Å². The third kappa shape index (κ3) is 2.52. The van der Waals surface area contributed by atoms with E-state index < -0.39 is 0 Å². The summed E-state index contributed by atoms with van der Waals surface area (Å²) in [5.41, 5.74) is 6.31. The Morgan fingerprint density at radius 1 is 0.577 bits per heavy atom. The van der Waals surface area contributed by atoms with Gasteiger partial charge in [-0.05, 0) is 47.5 Å². The van der Waals surface area contributed by atoms with Crippen molar-refractivity contribution in [3.8, 4) is 11.1 Å². The molecule has 0 saturated carbocycles. The zero-order valence-electron chi connectivity index (χ0n) is 14.1. The van der Waals surface area contributed by atoms with Gasteiger partial charge < -0.3 is 9.73 Å². The summed E-state index contributed by atoms with van der Waals surface area (Å²) < 4.78 is 6.08. The summed E-state index contributed by atoms with van der Waals surface area (Å²) in [4.78, 5) is 0. The van der Waals surface area contributed by atoms with Crippen LogP contribution in [0.1, 0.15) is 0 Å². The van der Waals surface area contributed by atoms with Crippen LogP contribution in [0.4, 0.5) is 11.4 Å². The second-order valence-corrected chi connectivity index (χ2v) is 6.35. The molecule has 1 N–H and O–H groups in total. The number of rotatable bonds is 3. The van der Waals surface area contributed by atoms with Crippen molar-refractivity contribution in [2.24, 2.45) is 0 Å². The summed E-state index contributed by atoms with van der Waals surface area (Å²) in [6.45, 7) is 0. The minimum atomic E-state index is 0.895. The van der Waals surface area contributed by atoms with Crippen LogP contribution < -0.4 is 5.32 Å². The summed E-state index contributed by atoms with van der Waals surface area (Å²) in [5, 5.41) is 5.76. The van der Waals surface area contributed by atoms with Crippen LogP contribution in [0.5, 0.6) is 0 Å². The molecule has 2 nitrogen and oxygen atoms in total. The van der Waals surface area contributed by atoms with E-state index in [9.17, 15) is 0 Å². The number of benzene rings is 4. The van der Waals surface area contributed by atoms with Gasteiger partial charge in [0.2, 0.25) is 0 Å². The van der Waals surface area contributed by atoms with Gasteiger partial charge in [0.15, 0.2) is 0 Å². The molecular formula is C24H17NO. The number of hydrogen-bond donors (Lipinski definition) is 1. The Balaban J connectivity index is 1.71. The molecule has 0 bridgehead atoms. The quantitative estimate of drug-likeness (QED) is 0.384. The second-order valence-electron chi connectivity index (χ2n) is 6.35. The molecule has 0 atom stereocenters. The van der Waals surface area contributed by atoms with Gasteiger partial charge in [0.1, 0.15) is 11.2 Å². The predicted molar refractivity (Wildman–Crippen MR) is 109 cm³/mol. The van der Waals surface area contributed by atoms with Gasteiger partial charge in [0.05, 0.1) is 11.1 Å². The summed E-state index contributed by atoms with van der Waals surface area (Å²) in [6.07, 6.45) is 0. The molecule has 0 unspecified atom stereocenters. The number of nitrogens with one attached hydrogen (secondary N) is 1. The van der Waals surface area contributed by atoms with Crippen molar-refractivity contribution in [1.82, 2.24) is 0 Å². The molecule has 124 valence electrons. The Hall–Kier alpha value is -3.52. The normalized spacial score (nSPS) is 11.1. The van der Waals surface area contributed by atoms with Gasteiger partial charge in [-0.2, -0.15) is 0 Å². The van der Waals surface area contributed by atoms with Crippen molar-refractivity contribution in [3.63, 3.8) is 0 Å². The monoisotopic (exact) mass is 335 g/mol. The van der Waals surface area contributed by atoms with E-state index in [1.807, 2.05) is 36.4 Å². The van der Waals surface area contributed by atoms with Gasteiger partial charge in [0.25, 0.3) is 0 Å². The number of anilines is 2. The van der Waals surface area contributed by atoms with Gasteiger partial charge in [-0.25, -0.2) is 0 Å². The highest BCUT2D eigenvalue weighted by molar-refractivity contribution is 6.12. The molecule has 0 fully saturated rings. The van der Waals surface area contributed by atoms with E-state index >= 15 is 0 Å². The lowest BCUT2D eigenvalue weighted by Crippen LogP contribution is -1.90. The molecule has 0 aliphatic carbocycles. The minimum absolute atomic E-state index is 0.895. The second kappa shape index (κ2) is 6.08. The third-order valence-corrected chi connectivity index (χ3v) is 4.65. The molecule has 0 radical (unpaired) electrons. The summed E-state index contributed by atoms with van der Waals surface area (Å²) in [7, 11) is 0. The van der Waals surface area contributed by atoms with Crippen molar-refractivity contribution in [2.75, 3.05) is 5.32 Å². The Bertz CT molecular complexity index is 1190. The van der Waals surface area contributed by atoms with E-state index in [-0.39, 0.29) is 0 Å². The van der Waals surface area contributed by atoms with Crippen LogP contribution >= 0.6 is 0 Å². The van der Waals surface area contributed by atoms with Crippen LogP contribution in [-0.4, -0.2) is 0 Å². The predicted octanol–water partition coefficient (Wildman–Crippen LogP) is 7.00. The van der Waals surface area contributed by atoms with E-state index in [0.29, 0.717) is 0 Å². The maximum absolute atomic E-state index is 6.08. The molecule has 5 rings (SSSR count). The largest absolute Gasteiger partial charge is 0.456 e. The van der Waals surface area contributed by atoms with Crippen LogP contribution in [0.3, 0.4) is 0 Å². The van der Waals surface area contributed by atoms with Gasteiger partial charge in [-0.3, -0.25) is 0 Å². The van der Waals surface area contributed by atoms with Crippen LogP contribution in [0.25, 0.3) is 33.1 Å². The van der Waals surface area contributed by atoms with Crippen LogP contribution in [0.15, 0.2) is 101 Å². The molecule has 0 aliphatic rings. The average molecular weight is 335 g/mol. The fraction of sp³-hybridized carbons (Fsp3) is 0. The van der Waals surface area contributed by atoms with Crippen molar-refractivity contribution in [1.29, 1.82) is 0 Å². The lowest BCUT2D eigenvalue weighted by Gasteiger charge is -2.08. The van der Waals surface area contributed by atoms with Crippen LogP contribution in [-0.2, 0) is 0 Å². The highest BCUT2D eigenvalue weighted by Gasteiger charge is 2.12. The molecule has 0 saturated heterocycles. The Kier molecular flexibility index (Phi) is 3.46. The molecular weight excluding hydrogens is 318 g/mol. The molecule has 5 aromatic rings. The Morgan fingerprint density at radius 2 is 1.35 bits per heavy atom. The Labute approximate surface area is 151 Å².